The van der Waals surface area contributed by atoms with Crippen molar-refractivity contribution in [3.05, 3.63) is 71.4 Å². The van der Waals surface area contributed by atoms with E-state index in [1.165, 1.54) is 4.90 Å². The number of hydrogen-bond donors (Lipinski definition) is 2. The van der Waals surface area contributed by atoms with Crippen LogP contribution in [-0.2, 0) is 4.79 Å². The summed E-state index contributed by atoms with van der Waals surface area (Å²) in [5, 5.41) is 5.79. The van der Waals surface area contributed by atoms with Gasteiger partial charge >= 0.3 is 6.03 Å². The fourth-order valence-electron chi connectivity index (χ4n) is 2.92. The largest absolute Gasteiger partial charge is 0.497 e. The zero-order valence-corrected chi connectivity index (χ0v) is 14.9. The molecule has 1 aliphatic heterocycles. The number of nitrogens with zero attached hydrogens (tertiary/aromatic N) is 1. The van der Waals surface area contributed by atoms with E-state index in [-0.39, 0.29) is 11.9 Å². The number of amides is 3. The smallest absolute Gasteiger partial charge is 0.322 e. The van der Waals surface area contributed by atoms with Gasteiger partial charge in [0.05, 0.1) is 18.7 Å². The van der Waals surface area contributed by atoms with Gasteiger partial charge < -0.3 is 20.3 Å². The summed E-state index contributed by atoms with van der Waals surface area (Å²) in [7, 11) is 3.22. The fourth-order valence-corrected chi connectivity index (χ4v) is 2.92. The lowest BCUT2D eigenvalue weighted by molar-refractivity contribution is -0.113. The molecular formula is C20H21N3O3. The average Bonchev–Trinajstić information content (AvgIpc) is 2.66. The van der Waals surface area contributed by atoms with E-state index in [0.29, 0.717) is 22.7 Å². The summed E-state index contributed by atoms with van der Waals surface area (Å²) >= 11 is 0. The van der Waals surface area contributed by atoms with Gasteiger partial charge in [0.25, 0.3) is 5.91 Å². The van der Waals surface area contributed by atoms with Crippen LogP contribution in [0.4, 0.5) is 10.5 Å². The Kier molecular flexibility index (Phi) is 4.93. The molecule has 6 nitrogen and oxygen atoms in total. The zero-order valence-electron chi connectivity index (χ0n) is 14.9. The van der Waals surface area contributed by atoms with E-state index in [4.69, 9.17) is 4.74 Å². The number of carbonyl (C=O) groups is 2. The molecule has 1 atom stereocenters. The number of carbonyl (C=O) groups excluding carboxylic acids is 2. The minimum Gasteiger partial charge on any atom is -0.497 e. The summed E-state index contributed by atoms with van der Waals surface area (Å²) in [4.78, 5) is 26.7. The number of allylic oxidation sites excluding steroid dienone is 1. The molecule has 0 radical (unpaired) electrons. The summed E-state index contributed by atoms with van der Waals surface area (Å²) in [6.45, 7) is 1.77. The maximum atomic E-state index is 13.0. The van der Waals surface area contributed by atoms with Crippen LogP contribution in [0.3, 0.4) is 0 Å². The van der Waals surface area contributed by atoms with Crippen LogP contribution < -0.4 is 15.4 Å². The van der Waals surface area contributed by atoms with Gasteiger partial charge in [-0.1, -0.05) is 30.3 Å². The Morgan fingerprint density at radius 2 is 1.88 bits per heavy atom. The first kappa shape index (κ1) is 17.5. The maximum Gasteiger partial charge on any atom is 0.322 e. The molecule has 0 fully saturated rings. The number of ether oxygens (including phenoxy) is 1. The monoisotopic (exact) mass is 351 g/mol. The van der Waals surface area contributed by atoms with Crippen LogP contribution in [0.2, 0.25) is 0 Å². The van der Waals surface area contributed by atoms with Crippen molar-refractivity contribution >= 4 is 17.6 Å². The van der Waals surface area contributed by atoms with Crippen molar-refractivity contribution in [3.8, 4) is 5.75 Å². The van der Waals surface area contributed by atoms with Gasteiger partial charge in [-0.2, -0.15) is 0 Å². The summed E-state index contributed by atoms with van der Waals surface area (Å²) < 4.78 is 5.27. The van der Waals surface area contributed by atoms with Crippen LogP contribution >= 0.6 is 0 Å². The predicted octanol–water partition coefficient (Wildman–Crippen LogP) is 3.30. The second kappa shape index (κ2) is 7.31. The molecule has 2 aromatic rings. The SMILES string of the molecule is COc1cccc(C2NC(=O)N(C)C(C)=C2C(=O)Nc2ccccc2)c1. The number of rotatable bonds is 4. The Labute approximate surface area is 152 Å². The number of anilines is 1. The average molecular weight is 351 g/mol. The summed E-state index contributed by atoms with van der Waals surface area (Å²) in [5.74, 6) is 0.407. The first-order valence-corrected chi connectivity index (χ1v) is 8.26. The van der Waals surface area contributed by atoms with Gasteiger partial charge in [0.2, 0.25) is 0 Å². The van der Waals surface area contributed by atoms with Gasteiger partial charge in [-0.25, -0.2) is 4.79 Å². The third kappa shape index (κ3) is 3.39. The molecule has 0 aromatic heterocycles. The van der Waals surface area contributed by atoms with Crippen LogP contribution in [0.5, 0.6) is 5.75 Å². The van der Waals surface area contributed by atoms with Gasteiger partial charge in [0, 0.05) is 18.4 Å². The molecule has 134 valence electrons. The normalized spacial score (nSPS) is 17.0. The molecule has 1 unspecified atom stereocenters. The molecular weight excluding hydrogens is 330 g/mol. The molecule has 3 amide bonds. The Morgan fingerprint density at radius 1 is 1.15 bits per heavy atom. The molecule has 0 saturated heterocycles. The third-order valence-electron chi connectivity index (χ3n) is 4.46. The lowest BCUT2D eigenvalue weighted by Crippen LogP contribution is -2.46. The van der Waals surface area contributed by atoms with E-state index in [1.807, 2.05) is 54.6 Å². The maximum absolute atomic E-state index is 13.0. The molecule has 2 N–H and O–H groups in total. The molecule has 0 spiro atoms. The highest BCUT2D eigenvalue weighted by atomic mass is 16.5. The van der Waals surface area contributed by atoms with Crippen LogP contribution in [0.25, 0.3) is 0 Å². The predicted molar refractivity (Wildman–Crippen MR) is 99.8 cm³/mol. The number of urea groups is 1. The summed E-state index contributed by atoms with van der Waals surface area (Å²) in [6.07, 6.45) is 0. The molecule has 0 aliphatic carbocycles. The van der Waals surface area contributed by atoms with Crippen molar-refractivity contribution in [1.82, 2.24) is 10.2 Å². The van der Waals surface area contributed by atoms with Gasteiger partial charge in [-0.15, -0.1) is 0 Å². The molecule has 0 bridgehead atoms. The topological polar surface area (TPSA) is 70.7 Å². The van der Waals surface area contributed by atoms with Crippen molar-refractivity contribution in [3.63, 3.8) is 0 Å². The van der Waals surface area contributed by atoms with Crippen molar-refractivity contribution in [2.75, 3.05) is 19.5 Å². The molecule has 1 heterocycles. The van der Waals surface area contributed by atoms with Crippen LogP contribution in [0, 0.1) is 0 Å². The number of methoxy groups -OCH3 is 1. The molecule has 26 heavy (non-hydrogen) atoms. The van der Waals surface area contributed by atoms with Gasteiger partial charge in [0.1, 0.15) is 5.75 Å². The van der Waals surface area contributed by atoms with Crippen molar-refractivity contribution in [1.29, 1.82) is 0 Å². The lowest BCUT2D eigenvalue weighted by Gasteiger charge is -2.33. The standard InChI is InChI=1S/C20H21N3O3/c1-13-17(19(24)21-15-9-5-4-6-10-15)18(22-20(25)23(13)2)14-8-7-11-16(12-14)26-3/h4-12,18H,1-3H3,(H,21,24)(H,22,25). The number of benzene rings is 2. The van der Waals surface area contributed by atoms with Gasteiger partial charge in [0.15, 0.2) is 0 Å². The molecule has 1 aliphatic rings. The van der Waals surface area contributed by atoms with Gasteiger partial charge in [-0.05, 0) is 36.8 Å². The second-order valence-corrected chi connectivity index (χ2v) is 6.04. The van der Waals surface area contributed by atoms with E-state index in [1.54, 1.807) is 21.1 Å². The first-order chi connectivity index (χ1) is 12.5. The lowest BCUT2D eigenvalue weighted by atomic mass is 9.94. The van der Waals surface area contributed by atoms with Crippen LogP contribution in [0.15, 0.2) is 65.9 Å². The molecule has 0 saturated carbocycles. The number of nitrogens with one attached hydrogen (secondary N) is 2. The van der Waals surface area contributed by atoms with Crippen molar-refractivity contribution in [2.24, 2.45) is 0 Å². The minimum atomic E-state index is -0.558. The Morgan fingerprint density at radius 3 is 2.58 bits per heavy atom. The van der Waals surface area contributed by atoms with Crippen molar-refractivity contribution < 1.29 is 14.3 Å². The highest BCUT2D eigenvalue weighted by Crippen LogP contribution is 2.32. The molecule has 6 heteroatoms. The second-order valence-electron chi connectivity index (χ2n) is 6.04. The minimum absolute atomic E-state index is 0.256. The third-order valence-corrected chi connectivity index (χ3v) is 4.46. The Hall–Kier alpha value is -3.28. The number of hydrogen-bond acceptors (Lipinski definition) is 3. The summed E-state index contributed by atoms with van der Waals surface area (Å²) in [5.41, 5.74) is 2.57. The number of para-hydroxylation sites is 1. The van der Waals surface area contributed by atoms with E-state index < -0.39 is 6.04 Å². The van der Waals surface area contributed by atoms with E-state index in [2.05, 4.69) is 10.6 Å². The van der Waals surface area contributed by atoms with Crippen molar-refractivity contribution in [2.45, 2.75) is 13.0 Å². The van der Waals surface area contributed by atoms with Gasteiger partial charge in [-0.3, -0.25) is 4.79 Å². The molecule has 3 rings (SSSR count). The van der Waals surface area contributed by atoms with E-state index in [0.717, 1.165) is 5.56 Å². The van der Waals surface area contributed by atoms with Crippen LogP contribution in [0.1, 0.15) is 18.5 Å². The molecule has 2 aromatic carbocycles. The Bertz CT molecular complexity index is 862. The van der Waals surface area contributed by atoms with E-state index in [9.17, 15) is 9.59 Å². The Balaban J connectivity index is 2.01. The fraction of sp³-hybridized carbons (Fsp3) is 0.200. The quantitative estimate of drug-likeness (QED) is 0.888. The highest BCUT2D eigenvalue weighted by molar-refractivity contribution is 6.06. The summed E-state index contributed by atoms with van der Waals surface area (Å²) in [6, 6.07) is 15.7. The first-order valence-electron chi connectivity index (χ1n) is 8.26. The van der Waals surface area contributed by atoms with E-state index >= 15 is 0 Å². The van der Waals surface area contributed by atoms with Crippen LogP contribution in [-0.4, -0.2) is 31.0 Å². The highest BCUT2D eigenvalue weighted by Gasteiger charge is 2.34. The zero-order chi connectivity index (χ0) is 18.7.